The molecule has 0 fully saturated rings. The Morgan fingerprint density at radius 3 is 2.62 bits per heavy atom. The molecule has 3 rings (SSSR count). The van der Waals surface area contributed by atoms with Crippen LogP contribution in [0.3, 0.4) is 0 Å². The molecule has 0 spiro atoms. The molecule has 1 aromatic heterocycles. The van der Waals surface area contributed by atoms with Gasteiger partial charge < -0.3 is 5.11 Å². The van der Waals surface area contributed by atoms with Crippen molar-refractivity contribution in [3.63, 3.8) is 0 Å². The van der Waals surface area contributed by atoms with Crippen molar-refractivity contribution in [1.82, 2.24) is 5.32 Å². The Balaban J connectivity index is 1.69. The van der Waals surface area contributed by atoms with E-state index < -0.39 is 15.8 Å². The van der Waals surface area contributed by atoms with Crippen LogP contribution in [0.2, 0.25) is 0 Å². The molecule has 0 bridgehead atoms. The highest BCUT2D eigenvalue weighted by atomic mass is 32.2. The number of benzene rings is 2. The highest BCUT2D eigenvalue weighted by Crippen LogP contribution is 2.29. The zero-order valence-electron chi connectivity index (χ0n) is 12.6. The highest BCUT2D eigenvalue weighted by molar-refractivity contribution is 7.93. The van der Waals surface area contributed by atoms with Gasteiger partial charge in [-0.25, -0.2) is 13.2 Å². The standard InChI is InChI=1S/C17H15NO4S2/c19-17(20)14-6-3-4-12(8-14)10-18-11-24(21,22)16-9-13-5-1-2-7-15(13)23-16/h1-9,18H,10-11H2,(H,19,20). The molecular formula is C17H15NO4S2. The summed E-state index contributed by atoms with van der Waals surface area (Å²) in [5.41, 5.74) is 0.906. The Morgan fingerprint density at radius 1 is 1.08 bits per heavy atom. The number of rotatable bonds is 6. The fraction of sp³-hybridized carbons (Fsp3) is 0.118. The monoisotopic (exact) mass is 361 g/mol. The second kappa shape index (κ2) is 6.72. The van der Waals surface area contributed by atoms with Crippen molar-refractivity contribution in [1.29, 1.82) is 0 Å². The van der Waals surface area contributed by atoms with Gasteiger partial charge in [0.05, 0.1) is 5.56 Å². The average Bonchev–Trinajstić information content (AvgIpc) is 3.00. The van der Waals surface area contributed by atoms with E-state index in [0.717, 1.165) is 15.6 Å². The summed E-state index contributed by atoms with van der Waals surface area (Å²) in [5.74, 6) is -1.20. The zero-order valence-corrected chi connectivity index (χ0v) is 14.2. The summed E-state index contributed by atoms with van der Waals surface area (Å²) in [6.07, 6.45) is 0. The number of carbonyl (C=O) groups is 1. The minimum atomic E-state index is -3.43. The van der Waals surface area contributed by atoms with Crippen molar-refractivity contribution in [2.75, 3.05) is 5.88 Å². The van der Waals surface area contributed by atoms with Crippen LogP contribution >= 0.6 is 11.3 Å². The van der Waals surface area contributed by atoms with Gasteiger partial charge in [0.15, 0.2) is 0 Å². The predicted molar refractivity (Wildman–Crippen MR) is 94.1 cm³/mol. The summed E-state index contributed by atoms with van der Waals surface area (Å²) < 4.78 is 26.1. The van der Waals surface area contributed by atoms with E-state index in [0.29, 0.717) is 4.21 Å². The molecule has 0 saturated carbocycles. The zero-order chi connectivity index (χ0) is 17.2. The predicted octanol–water partition coefficient (Wildman–Crippen LogP) is 3.12. The van der Waals surface area contributed by atoms with Crippen molar-refractivity contribution < 1.29 is 18.3 Å². The van der Waals surface area contributed by atoms with Crippen molar-refractivity contribution in [2.24, 2.45) is 0 Å². The van der Waals surface area contributed by atoms with E-state index in [4.69, 9.17) is 5.11 Å². The molecule has 0 aliphatic rings. The van der Waals surface area contributed by atoms with E-state index >= 15 is 0 Å². The lowest BCUT2D eigenvalue weighted by atomic mass is 10.1. The number of aromatic carboxylic acids is 1. The molecule has 0 radical (unpaired) electrons. The van der Waals surface area contributed by atoms with Gasteiger partial charge in [-0.05, 0) is 35.2 Å². The first-order valence-corrected chi connectivity index (χ1v) is 9.67. The van der Waals surface area contributed by atoms with Gasteiger partial charge in [-0.15, -0.1) is 11.3 Å². The smallest absolute Gasteiger partial charge is 0.335 e. The Hall–Kier alpha value is -2.22. The van der Waals surface area contributed by atoms with Gasteiger partial charge in [0.25, 0.3) is 0 Å². The van der Waals surface area contributed by atoms with Gasteiger partial charge in [-0.3, -0.25) is 5.32 Å². The second-order valence-electron chi connectivity index (χ2n) is 5.29. The van der Waals surface area contributed by atoms with Crippen molar-refractivity contribution >= 4 is 37.2 Å². The summed E-state index contributed by atoms with van der Waals surface area (Å²) in [6.45, 7) is 0.283. The Morgan fingerprint density at radius 2 is 1.88 bits per heavy atom. The summed E-state index contributed by atoms with van der Waals surface area (Å²) in [4.78, 5) is 10.9. The van der Waals surface area contributed by atoms with Crippen LogP contribution in [0.25, 0.3) is 10.1 Å². The number of carboxylic acid groups (broad SMARTS) is 1. The van der Waals surface area contributed by atoms with E-state index in [1.54, 1.807) is 18.2 Å². The maximum atomic E-state index is 12.4. The van der Waals surface area contributed by atoms with Crippen LogP contribution in [0.5, 0.6) is 0 Å². The number of thiophene rings is 1. The van der Waals surface area contributed by atoms with Gasteiger partial charge in [0.1, 0.15) is 10.1 Å². The van der Waals surface area contributed by atoms with Gasteiger partial charge in [-0.1, -0.05) is 30.3 Å². The maximum absolute atomic E-state index is 12.4. The van der Waals surface area contributed by atoms with Crippen LogP contribution in [0, 0.1) is 0 Å². The molecule has 24 heavy (non-hydrogen) atoms. The van der Waals surface area contributed by atoms with Gasteiger partial charge in [0.2, 0.25) is 9.84 Å². The molecule has 0 unspecified atom stereocenters. The lowest BCUT2D eigenvalue weighted by molar-refractivity contribution is 0.0696. The molecule has 1 heterocycles. The molecule has 0 atom stereocenters. The number of fused-ring (bicyclic) bond motifs is 1. The minimum Gasteiger partial charge on any atom is -0.478 e. The van der Waals surface area contributed by atoms with Crippen LogP contribution < -0.4 is 5.32 Å². The lowest BCUT2D eigenvalue weighted by Gasteiger charge is -2.06. The van der Waals surface area contributed by atoms with Gasteiger partial charge >= 0.3 is 5.97 Å². The van der Waals surface area contributed by atoms with E-state index in [1.807, 2.05) is 24.3 Å². The summed E-state index contributed by atoms with van der Waals surface area (Å²) in [6, 6.07) is 15.6. The van der Waals surface area contributed by atoms with E-state index in [9.17, 15) is 13.2 Å². The molecule has 5 nitrogen and oxygen atoms in total. The van der Waals surface area contributed by atoms with Crippen molar-refractivity contribution in [3.8, 4) is 0 Å². The number of hydrogen-bond donors (Lipinski definition) is 2. The van der Waals surface area contributed by atoms with Crippen LogP contribution in [0.15, 0.2) is 58.8 Å². The molecular weight excluding hydrogens is 346 g/mol. The number of hydrogen-bond acceptors (Lipinski definition) is 5. The molecule has 0 amide bonds. The lowest BCUT2D eigenvalue weighted by Crippen LogP contribution is -2.22. The molecule has 2 aromatic carbocycles. The normalized spacial score (nSPS) is 11.7. The Bertz CT molecular complexity index is 960. The third-order valence-electron chi connectivity index (χ3n) is 3.50. The van der Waals surface area contributed by atoms with Gasteiger partial charge in [-0.2, -0.15) is 0 Å². The molecule has 2 N–H and O–H groups in total. The van der Waals surface area contributed by atoms with Crippen LogP contribution in [0.4, 0.5) is 0 Å². The topological polar surface area (TPSA) is 83.5 Å². The van der Waals surface area contributed by atoms with Crippen LogP contribution in [-0.4, -0.2) is 25.4 Å². The van der Waals surface area contributed by atoms with Crippen LogP contribution in [0.1, 0.15) is 15.9 Å². The maximum Gasteiger partial charge on any atom is 0.335 e. The quantitative estimate of drug-likeness (QED) is 0.705. The molecule has 0 aliphatic carbocycles. The van der Waals surface area contributed by atoms with Crippen LogP contribution in [-0.2, 0) is 16.4 Å². The first kappa shape index (κ1) is 16.6. The van der Waals surface area contributed by atoms with E-state index in [2.05, 4.69) is 5.32 Å². The Kier molecular flexibility index (Phi) is 4.66. The third-order valence-corrected chi connectivity index (χ3v) is 6.74. The van der Waals surface area contributed by atoms with E-state index in [1.165, 1.54) is 23.5 Å². The SMILES string of the molecule is O=C(O)c1cccc(CNCS(=O)(=O)c2cc3ccccc3s2)c1. The molecule has 0 aliphatic heterocycles. The Labute approximate surface area is 143 Å². The largest absolute Gasteiger partial charge is 0.478 e. The van der Waals surface area contributed by atoms with Crippen molar-refractivity contribution in [2.45, 2.75) is 10.8 Å². The number of sulfone groups is 1. The first-order chi connectivity index (χ1) is 11.5. The number of carboxylic acids is 1. The number of nitrogens with one attached hydrogen (secondary N) is 1. The molecule has 7 heteroatoms. The highest BCUT2D eigenvalue weighted by Gasteiger charge is 2.17. The summed E-state index contributed by atoms with van der Waals surface area (Å²) in [5, 5.41) is 12.8. The first-order valence-electron chi connectivity index (χ1n) is 7.20. The fourth-order valence-electron chi connectivity index (χ4n) is 2.33. The van der Waals surface area contributed by atoms with Gasteiger partial charge in [0, 0.05) is 11.2 Å². The molecule has 0 saturated heterocycles. The molecule has 3 aromatic rings. The summed E-state index contributed by atoms with van der Waals surface area (Å²) >= 11 is 1.25. The molecule has 124 valence electrons. The second-order valence-corrected chi connectivity index (χ2v) is 8.59. The fourth-order valence-corrected chi connectivity index (χ4v) is 4.89. The average molecular weight is 361 g/mol. The van der Waals surface area contributed by atoms with Crippen molar-refractivity contribution in [3.05, 3.63) is 65.7 Å². The third kappa shape index (κ3) is 3.64. The summed E-state index contributed by atoms with van der Waals surface area (Å²) in [7, 11) is -3.43. The minimum absolute atomic E-state index is 0.182. The van der Waals surface area contributed by atoms with E-state index in [-0.39, 0.29) is 18.0 Å².